The number of halogens is 3. The summed E-state index contributed by atoms with van der Waals surface area (Å²) in [6, 6.07) is 7.26. The molecule has 0 aliphatic heterocycles. The first-order chi connectivity index (χ1) is 13.3. The second-order valence-corrected chi connectivity index (χ2v) is 6.88. The van der Waals surface area contributed by atoms with E-state index in [1.807, 2.05) is 0 Å². The Morgan fingerprint density at radius 2 is 1.89 bits per heavy atom. The van der Waals surface area contributed by atoms with Crippen LogP contribution in [0.2, 0.25) is 15.1 Å². The lowest BCUT2D eigenvalue weighted by atomic mass is 10.0. The highest BCUT2D eigenvalue weighted by Gasteiger charge is 2.23. The molecule has 0 amide bonds. The van der Waals surface area contributed by atoms with Crippen molar-refractivity contribution in [3.05, 3.63) is 73.6 Å². The second kappa shape index (κ2) is 8.22. The van der Waals surface area contributed by atoms with Gasteiger partial charge in [0.25, 0.3) is 0 Å². The van der Waals surface area contributed by atoms with E-state index in [2.05, 4.69) is 4.98 Å². The van der Waals surface area contributed by atoms with Crippen LogP contribution in [0.4, 0.5) is 0 Å². The molecular formula is C19H13Cl3N2O4. The Bertz CT molecular complexity index is 1130. The Hall–Kier alpha value is -2.54. The van der Waals surface area contributed by atoms with Crippen LogP contribution in [0.5, 0.6) is 11.6 Å². The Morgan fingerprint density at radius 3 is 2.50 bits per heavy atom. The van der Waals surface area contributed by atoms with E-state index in [9.17, 15) is 14.7 Å². The Balaban J connectivity index is 2.30. The predicted octanol–water partition coefficient (Wildman–Crippen LogP) is 5.38. The molecule has 28 heavy (non-hydrogen) atoms. The van der Waals surface area contributed by atoms with Crippen LogP contribution in [0.1, 0.15) is 17.3 Å². The highest BCUT2D eigenvalue weighted by Crippen LogP contribution is 2.34. The third-order valence-electron chi connectivity index (χ3n) is 3.95. The maximum Gasteiger partial charge on any atom is 0.341 e. The van der Waals surface area contributed by atoms with Crippen molar-refractivity contribution in [1.29, 1.82) is 0 Å². The van der Waals surface area contributed by atoms with E-state index in [-0.39, 0.29) is 22.3 Å². The summed E-state index contributed by atoms with van der Waals surface area (Å²) in [5.41, 5.74) is -0.553. The number of benzene rings is 1. The molecule has 0 spiro atoms. The number of carbonyl (C=O) groups is 1. The smallest absolute Gasteiger partial charge is 0.341 e. The maximum atomic E-state index is 12.6. The lowest BCUT2D eigenvalue weighted by Gasteiger charge is -2.20. The van der Waals surface area contributed by atoms with Crippen LogP contribution in [0.25, 0.3) is 11.3 Å². The van der Waals surface area contributed by atoms with Crippen molar-refractivity contribution in [2.75, 3.05) is 0 Å². The number of aromatic nitrogens is 2. The van der Waals surface area contributed by atoms with Gasteiger partial charge in [0.15, 0.2) is 5.75 Å². The fraction of sp³-hybridized carbons (Fsp3) is 0.105. The molecule has 0 aliphatic rings. The topological polar surface area (TPSA) is 81.4 Å². The molecular weight excluding hydrogens is 427 g/mol. The number of hydrogen-bond donors (Lipinski definition) is 1. The van der Waals surface area contributed by atoms with Crippen molar-refractivity contribution < 1.29 is 14.6 Å². The minimum absolute atomic E-state index is 0.119. The molecule has 0 fully saturated rings. The van der Waals surface area contributed by atoms with Crippen LogP contribution in [0.15, 0.2) is 47.5 Å². The largest absolute Gasteiger partial charge is 0.477 e. The molecule has 6 nitrogen and oxygen atoms in total. The van der Waals surface area contributed by atoms with Crippen molar-refractivity contribution in [1.82, 2.24) is 9.55 Å². The number of carboxylic acid groups (broad SMARTS) is 1. The average Bonchev–Trinajstić information content (AvgIpc) is 2.65. The van der Waals surface area contributed by atoms with Gasteiger partial charge in [-0.05, 0) is 25.1 Å². The van der Waals surface area contributed by atoms with E-state index >= 15 is 0 Å². The molecule has 1 N–H and O–H groups in total. The molecule has 0 saturated carbocycles. The molecule has 9 heteroatoms. The fourth-order valence-corrected chi connectivity index (χ4v) is 3.17. The Labute approximate surface area is 174 Å². The minimum atomic E-state index is -1.36. The minimum Gasteiger partial charge on any atom is -0.477 e. The van der Waals surface area contributed by atoms with Crippen LogP contribution in [-0.2, 0) is 6.54 Å². The van der Waals surface area contributed by atoms with Crippen LogP contribution >= 0.6 is 34.8 Å². The zero-order valence-electron chi connectivity index (χ0n) is 14.4. The summed E-state index contributed by atoms with van der Waals surface area (Å²) in [7, 11) is 0. The summed E-state index contributed by atoms with van der Waals surface area (Å²) in [6.07, 6.45) is 2.90. The number of hydrogen-bond acceptors (Lipinski definition) is 4. The molecule has 144 valence electrons. The summed E-state index contributed by atoms with van der Waals surface area (Å²) in [4.78, 5) is 28.3. The van der Waals surface area contributed by atoms with Crippen molar-refractivity contribution in [2.24, 2.45) is 0 Å². The molecule has 0 atom stereocenters. The SMILES string of the molecule is CCn1c(Oc2cnccc2Cl)cc(=O)c(C(=O)O)c1-c1ccc(Cl)c(Cl)c1. The summed E-state index contributed by atoms with van der Waals surface area (Å²) in [5, 5.41) is 10.5. The predicted molar refractivity (Wildman–Crippen MR) is 108 cm³/mol. The molecule has 0 bridgehead atoms. The lowest BCUT2D eigenvalue weighted by Crippen LogP contribution is -2.21. The normalized spacial score (nSPS) is 10.7. The molecule has 2 heterocycles. The molecule has 1 aromatic carbocycles. The van der Waals surface area contributed by atoms with E-state index in [1.54, 1.807) is 17.6 Å². The van der Waals surface area contributed by atoms with Gasteiger partial charge in [-0.25, -0.2) is 4.79 Å². The van der Waals surface area contributed by atoms with Gasteiger partial charge in [-0.15, -0.1) is 0 Å². The third kappa shape index (κ3) is 3.85. The van der Waals surface area contributed by atoms with Crippen LogP contribution in [-0.4, -0.2) is 20.6 Å². The van der Waals surface area contributed by atoms with E-state index in [4.69, 9.17) is 39.5 Å². The Morgan fingerprint density at radius 1 is 1.14 bits per heavy atom. The van der Waals surface area contributed by atoms with Gasteiger partial charge < -0.3 is 14.4 Å². The molecule has 0 saturated heterocycles. The van der Waals surface area contributed by atoms with Gasteiger partial charge in [-0.1, -0.05) is 40.9 Å². The summed E-state index contributed by atoms with van der Waals surface area (Å²) in [5.74, 6) is -1.01. The van der Waals surface area contributed by atoms with Crippen LogP contribution in [0.3, 0.4) is 0 Å². The number of rotatable bonds is 5. The van der Waals surface area contributed by atoms with Crippen molar-refractivity contribution >= 4 is 40.8 Å². The maximum absolute atomic E-state index is 12.6. The van der Waals surface area contributed by atoms with E-state index in [1.165, 1.54) is 30.6 Å². The number of carboxylic acids is 1. The monoisotopic (exact) mass is 438 g/mol. The number of pyridine rings is 2. The molecule has 3 aromatic rings. The summed E-state index contributed by atoms with van der Waals surface area (Å²) in [6.45, 7) is 2.10. The second-order valence-electron chi connectivity index (χ2n) is 5.66. The van der Waals surface area contributed by atoms with E-state index in [0.717, 1.165) is 6.07 Å². The van der Waals surface area contributed by atoms with Gasteiger partial charge >= 0.3 is 5.97 Å². The van der Waals surface area contributed by atoms with Gasteiger partial charge in [-0.2, -0.15) is 0 Å². The first-order valence-corrected chi connectivity index (χ1v) is 9.20. The summed E-state index contributed by atoms with van der Waals surface area (Å²) >= 11 is 18.2. The van der Waals surface area contributed by atoms with Gasteiger partial charge in [0.2, 0.25) is 11.3 Å². The van der Waals surface area contributed by atoms with Crippen molar-refractivity contribution in [3.63, 3.8) is 0 Å². The van der Waals surface area contributed by atoms with Gasteiger partial charge in [0, 0.05) is 24.4 Å². The zero-order valence-corrected chi connectivity index (χ0v) is 16.7. The van der Waals surface area contributed by atoms with Gasteiger partial charge in [0.05, 0.1) is 27.0 Å². The molecule has 0 unspecified atom stereocenters. The number of ether oxygens (including phenoxy) is 1. The molecule has 0 aliphatic carbocycles. The van der Waals surface area contributed by atoms with Crippen LogP contribution < -0.4 is 10.2 Å². The fourth-order valence-electron chi connectivity index (χ4n) is 2.72. The van der Waals surface area contributed by atoms with Gasteiger partial charge in [0.1, 0.15) is 5.56 Å². The van der Waals surface area contributed by atoms with Gasteiger partial charge in [-0.3, -0.25) is 9.78 Å². The quantitative estimate of drug-likeness (QED) is 0.577. The van der Waals surface area contributed by atoms with E-state index in [0.29, 0.717) is 22.2 Å². The third-order valence-corrected chi connectivity index (χ3v) is 5.00. The number of aromatic carboxylic acids is 1. The molecule has 3 rings (SSSR count). The molecule has 2 aromatic heterocycles. The first-order valence-electron chi connectivity index (χ1n) is 8.07. The zero-order chi connectivity index (χ0) is 20.4. The highest BCUT2D eigenvalue weighted by atomic mass is 35.5. The standard InChI is InChI=1S/C19H13Cl3N2O4/c1-2-24-16(28-15-9-23-6-5-12(15)21)8-14(25)17(19(26)27)18(24)10-3-4-11(20)13(22)7-10/h3-9H,2H2,1H3,(H,26,27). The Kier molecular flexibility index (Phi) is 5.93. The number of nitrogens with zero attached hydrogens (tertiary/aromatic N) is 2. The highest BCUT2D eigenvalue weighted by molar-refractivity contribution is 6.42. The first kappa shape index (κ1) is 20.2. The lowest BCUT2D eigenvalue weighted by molar-refractivity contribution is 0.0695. The average molecular weight is 440 g/mol. The molecule has 0 radical (unpaired) electrons. The van der Waals surface area contributed by atoms with Crippen LogP contribution in [0, 0.1) is 0 Å². The summed E-state index contributed by atoms with van der Waals surface area (Å²) < 4.78 is 7.33. The van der Waals surface area contributed by atoms with E-state index < -0.39 is 17.0 Å². The van der Waals surface area contributed by atoms with Crippen molar-refractivity contribution in [3.8, 4) is 22.9 Å². The van der Waals surface area contributed by atoms with Crippen molar-refractivity contribution in [2.45, 2.75) is 13.5 Å².